The highest BCUT2D eigenvalue weighted by molar-refractivity contribution is 5.82. The second-order valence-electron chi connectivity index (χ2n) is 7.90. The van der Waals surface area contributed by atoms with Crippen molar-refractivity contribution in [1.82, 2.24) is 15.2 Å². The first kappa shape index (κ1) is 19.6. The van der Waals surface area contributed by atoms with Crippen molar-refractivity contribution in [3.63, 3.8) is 0 Å². The Kier molecular flexibility index (Phi) is 5.95. The van der Waals surface area contributed by atoms with Gasteiger partial charge in [0.1, 0.15) is 11.3 Å². The number of benzene rings is 1. The number of furan rings is 1. The average Bonchev–Trinajstić information content (AvgIpc) is 3.11. The molecule has 4 rings (SSSR count). The van der Waals surface area contributed by atoms with Crippen molar-refractivity contribution in [2.24, 2.45) is 5.92 Å². The van der Waals surface area contributed by atoms with Gasteiger partial charge in [-0.1, -0.05) is 31.2 Å². The van der Waals surface area contributed by atoms with E-state index < -0.39 is 0 Å². The van der Waals surface area contributed by atoms with Crippen LogP contribution >= 0.6 is 0 Å². The molecule has 3 aromatic rings. The van der Waals surface area contributed by atoms with E-state index in [2.05, 4.69) is 40.3 Å². The maximum atomic E-state index is 11.8. The number of carbonyl (C=O) groups is 1. The summed E-state index contributed by atoms with van der Waals surface area (Å²) in [5.41, 5.74) is 3.26. The zero-order chi connectivity index (χ0) is 20.2. The van der Waals surface area contributed by atoms with Crippen molar-refractivity contribution in [1.29, 1.82) is 0 Å². The largest absolute Gasteiger partial charge is 0.461 e. The quantitative estimate of drug-likeness (QED) is 0.673. The lowest BCUT2D eigenvalue weighted by Crippen LogP contribution is -2.40. The Morgan fingerprint density at radius 3 is 2.66 bits per heavy atom. The lowest BCUT2D eigenvalue weighted by atomic mass is 9.87. The molecule has 1 aliphatic rings. The highest BCUT2D eigenvalue weighted by Crippen LogP contribution is 2.32. The molecule has 5 heteroatoms. The number of aryl methyl sites for hydroxylation is 1. The second-order valence-corrected chi connectivity index (χ2v) is 7.90. The Labute approximate surface area is 172 Å². The molecule has 152 valence electrons. The summed E-state index contributed by atoms with van der Waals surface area (Å²) >= 11 is 0. The Hall–Kier alpha value is -2.66. The molecule has 29 heavy (non-hydrogen) atoms. The third kappa shape index (κ3) is 4.35. The van der Waals surface area contributed by atoms with Gasteiger partial charge in [0.15, 0.2) is 0 Å². The Morgan fingerprint density at radius 1 is 1.21 bits per heavy atom. The standard InChI is InChI=1S/C24H29N3O2/c1-3-22-20(19-8-4-5-10-23(19)29-22)16-27-14-11-18(12-15-27)24(26-17(2)28)21-9-6-7-13-25-21/h4-10,13,18,24H,3,11-12,14-16H2,1-2H3,(H,26,28)/t24-/m1/s1. The number of piperidine rings is 1. The number of para-hydroxylation sites is 1. The van der Waals surface area contributed by atoms with Gasteiger partial charge in [0.05, 0.1) is 11.7 Å². The van der Waals surface area contributed by atoms with Gasteiger partial charge in [-0.3, -0.25) is 14.7 Å². The smallest absolute Gasteiger partial charge is 0.217 e. The summed E-state index contributed by atoms with van der Waals surface area (Å²) in [5.74, 6) is 1.50. The average molecular weight is 392 g/mol. The molecule has 2 aromatic heterocycles. The zero-order valence-electron chi connectivity index (χ0n) is 17.2. The lowest BCUT2D eigenvalue weighted by molar-refractivity contribution is -0.120. The summed E-state index contributed by atoms with van der Waals surface area (Å²) in [6, 6.07) is 14.2. The number of nitrogens with zero attached hydrogens (tertiary/aromatic N) is 2. The number of likely N-dealkylation sites (tertiary alicyclic amines) is 1. The molecule has 0 aliphatic carbocycles. The SMILES string of the molecule is CCc1oc2ccccc2c1CN1CCC([C@@H](NC(C)=O)c2ccccn2)CC1. The van der Waals surface area contributed by atoms with Gasteiger partial charge < -0.3 is 9.73 Å². The molecule has 1 fully saturated rings. The Morgan fingerprint density at radius 2 is 1.97 bits per heavy atom. The Balaban J connectivity index is 1.46. The molecular formula is C24H29N3O2. The first-order valence-electron chi connectivity index (χ1n) is 10.6. The van der Waals surface area contributed by atoms with Crippen molar-refractivity contribution in [2.45, 2.75) is 45.7 Å². The number of amides is 1. The maximum absolute atomic E-state index is 11.8. The van der Waals surface area contributed by atoms with E-state index >= 15 is 0 Å². The molecular weight excluding hydrogens is 362 g/mol. The van der Waals surface area contributed by atoms with Crippen LogP contribution in [0.3, 0.4) is 0 Å². The van der Waals surface area contributed by atoms with Gasteiger partial charge >= 0.3 is 0 Å². The van der Waals surface area contributed by atoms with Crippen LogP contribution in [0.15, 0.2) is 53.1 Å². The van der Waals surface area contributed by atoms with Crippen molar-refractivity contribution in [2.75, 3.05) is 13.1 Å². The first-order valence-corrected chi connectivity index (χ1v) is 10.6. The summed E-state index contributed by atoms with van der Waals surface area (Å²) in [6.07, 6.45) is 4.79. The van der Waals surface area contributed by atoms with Crippen molar-refractivity contribution < 1.29 is 9.21 Å². The van der Waals surface area contributed by atoms with E-state index in [0.717, 1.165) is 55.9 Å². The first-order chi connectivity index (χ1) is 14.2. The number of nitrogens with one attached hydrogen (secondary N) is 1. The molecule has 0 unspecified atom stereocenters. The fourth-order valence-corrected chi connectivity index (χ4v) is 4.49. The molecule has 1 saturated heterocycles. The number of fused-ring (bicyclic) bond motifs is 1. The molecule has 1 aliphatic heterocycles. The van der Waals surface area contributed by atoms with Crippen molar-refractivity contribution >= 4 is 16.9 Å². The maximum Gasteiger partial charge on any atom is 0.217 e. The van der Waals surface area contributed by atoms with Gasteiger partial charge in [-0.2, -0.15) is 0 Å². The van der Waals surface area contributed by atoms with Crippen LogP contribution < -0.4 is 5.32 Å². The summed E-state index contributed by atoms with van der Waals surface area (Å²) in [4.78, 5) is 18.8. The second kappa shape index (κ2) is 8.78. The van der Waals surface area contributed by atoms with E-state index in [4.69, 9.17) is 4.42 Å². The van der Waals surface area contributed by atoms with Gasteiger partial charge in [0.25, 0.3) is 0 Å². The fraction of sp³-hybridized carbons (Fsp3) is 0.417. The minimum atomic E-state index is -0.0168. The molecule has 3 heterocycles. The monoisotopic (exact) mass is 391 g/mol. The van der Waals surface area contributed by atoms with Crippen LogP contribution in [0.5, 0.6) is 0 Å². The van der Waals surface area contributed by atoms with Crippen molar-refractivity contribution in [3.05, 3.63) is 65.7 Å². The summed E-state index contributed by atoms with van der Waals surface area (Å²) < 4.78 is 6.07. The topological polar surface area (TPSA) is 58.4 Å². The van der Waals surface area contributed by atoms with Gasteiger partial charge in [-0.05, 0) is 50.0 Å². The minimum absolute atomic E-state index is 0.000497. The van der Waals surface area contributed by atoms with Crippen LogP contribution in [0.4, 0.5) is 0 Å². The van der Waals surface area contributed by atoms with Gasteiger partial charge in [0, 0.05) is 37.0 Å². The lowest BCUT2D eigenvalue weighted by Gasteiger charge is -2.36. The summed E-state index contributed by atoms with van der Waals surface area (Å²) in [7, 11) is 0. The summed E-state index contributed by atoms with van der Waals surface area (Å²) in [6.45, 7) is 6.67. The van der Waals surface area contributed by atoms with Crippen LogP contribution in [0.2, 0.25) is 0 Å². The number of hydrogen-bond acceptors (Lipinski definition) is 4. The third-order valence-electron chi connectivity index (χ3n) is 5.95. The van der Waals surface area contributed by atoms with E-state index in [0.29, 0.717) is 5.92 Å². The Bertz CT molecular complexity index is 959. The van der Waals surface area contributed by atoms with E-state index in [1.54, 1.807) is 13.1 Å². The van der Waals surface area contributed by atoms with Crippen LogP contribution in [-0.4, -0.2) is 28.9 Å². The van der Waals surface area contributed by atoms with Crippen LogP contribution in [0, 0.1) is 5.92 Å². The van der Waals surface area contributed by atoms with Gasteiger partial charge in [0.2, 0.25) is 5.91 Å². The number of rotatable bonds is 6. The molecule has 5 nitrogen and oxygen atoms in total. The molecule has 0 bridgehead atoms. The zero-order valence-corrected chi connectivity index (χ0v) is 17.2. The van der Waals surface area contributed by atoms with Crippen LogP contribution in [0.25, 0.3) is 11.0 Å². The highest BCUT2D eigenvalue weighted by Gasteiger charge is 2.29. The molecule has 1 N–H and O–H groups in total. The van der Waals surface area contributed by atoms with Crippen LogP contribution in [-0.2, 0) is 17.8 Å². The predicted octanol–water partition coefficient (Wildman–Crippen LogP) is 4.48. The predicted molar refractivity (Wildman–Crippen MR) is 114 cm³/mol. The van der Waals surface area contributed by atoms with E-state index in [9.17, 15) is 4.79 Å². The normalized spacial score (nSPS) is 16.8. The number of carbonyl (C=O) groups excluding carboxylic acids is 1. The van der Waals surface area contributed by atoms with E-state index in [-0.39, 0.29) is 11.9 Å². The molecule has 0 radical (unpaired) electrons. The van der Waals surface area contributed by atoms with Gasteiger partial charge in [-0.25, -0.2) is 0 Å². The fourth-order valence-electron chi connectivity index (χ4n) is 4.49. The molecule has 1 amide bonds. The highest BCUT2D eigenvalue weighted by atomic mass is 16.3. The van der Waals surface area contributed by atoms with Crippen molar-refractivity contribution in [3.8, 4) is 0 Å². The van der Waals surface area contributed by atoms with E-state index in [1.807, 2.05) is 24.3 Å². The molecule has 1 aromatic carbocycles. The number of aromatic nitrogens is 1. The molecule has 1 atom stereocenters. The summed E-state index contributed by atoms with van der Waals surface area (Å²) in [5, 5.41) is 4.37. The minimum Gasteiger partial charge on any atom is -0.461 e. The molecule has 0 spiro atoms. The molecule has 0 saturated carbocycles. The third-order valence-corrected chi connectivity index (χ3v) is 5.95. The number of pyridine rings is 1. The van der Waals surface area contributed by atoms with Gasteiger partial charge in [-0.15, -0.1) is 0 Å². The number of hydrogen-bond donors (Lipinski definition) is 1. The van der Waals surface area contributed by atoms with E-state index in [1.165, 1.54) is 10.9 Å². The van der Waals surface area contributed by atoms with Crippen LogP contribution in [0.1, 0.15) is 49.7 Å².